The molecule has 0 radical (unpaired) electrons. The van der Waals surface area contributed by atoms with E-state index in [2.05, 4.69) is 43.5 Å². The Morgan fingerprint density at radius 2 is 0.656 bits per heavy atom. The van der Waals surface area contributed by atoms with Gasteiger partial charge in [-0.1, -0.05) is 256 Å². The van der Waals surface area contributed by atoms with E-state index in [0.717, 1.165) is 38.5 Å². The Morgan fingerprint density at radius 1 is 0.393 bits per heavy atom. The third-order valence-electron chi connectivity index (χ3n) is 13.0. The summed E-state index contributed by atoms with van der Waals surface area (Å²) in [5, 5.41) is 33.7. The van der Waals surface area contributed by atoms with E-state index in [0.29, 0.717) is 12.8 Å². The SMILES string of the molecule is CCCCCCCCCCCCCC/C=C\CCCCCCCCCCCCC(=O)NC(CO)C(O)C(O)CCC/C=C/CCCCCCCCCCCCCCCCCC. The van der Waals surface area contributed by atoms with Crippen LogP contribution in [0.15, 0.2) is 24.3 Å². The minimum absolute atomic E-state index is 0.151. The Morgan fingerprint density at radius 3 is 0.951 bits per heavy atom. The molecule has 3 atom stereocenters. The molecular weight excluding hydrogens is 751 g/mol. The van der Waals surface area contributed by atoms with Gasteiger partial charge in [0.2, 0.25) is 5.91 Å². The lowest BCUT2D eigenvalue weighted by molar-refractivity contribution is -0.124. The van der Waals surface area contributed by atoms with E-state index in [-0.39, 0.29) is 12.5 Å². The van der Waals surface area contributed by atoms with Gasteiger partial charge in [0.25, 0.3) is 0 Å². The number of rotatable bonds is 51. The van der Waals surface area contributed by atoms with E-state index in [1.54, 1.807) is 0 Å². The average Bonchev–Trinajstić information content (AvgIpc) is 3.26. The van der Waals surface area contributed by atoms with Crippen LogP contribution in [0.5, 0.6) is 0 Å². The molecule has 0 aliphatic carbocycles. The van der Waals surface area contributed by atoms with Crippen LogP contribution in [0.25, 0.3) is 0 Å². The summed E-state index contributed by atoms with van der Waals surface area (Å²) in [7, 11) is 0. The molecule has 0 aromatic rings. The van der Waals surface area contributed by atoms with E-state index in [1.807, 2.05) is 0 Å². The van der Waals surface area contributed by atoms with Crippen molar-refractivity contribution in [1.29, 1.82) is 0 Å². The second-order valence-corrected chi connectivity index (χ2v) is 19.1. The van der Waals surface area contributed by atoms with Crippen LogP contribution < -0.4 is 5.32 Å². The molecule has 362 valence electrons. The first-order valence-corrected chi connectivity index (χ1v) is 27.6. The highest BCUT2D eigenvalue weighted by atomic mass is 16.3. The van der Waals surface area contributed by atoms with Crippen molar-refractivity contribution in [2.24, 2.45) is 0 Å². The number of hydrogen-bond acceptors (Lipinski definition) is 4. The molecule has 0 aromatic heterocycles. The van der Waals surface area contributed by atoms with E-state index in [1.165, 1.54) is 238 Å². The summed E-state index contributed by atoms with van der Waals surface area (Å²) < 4.78 is 0. The zero-order valence-corrected chi connectivity index (χ0v) is 41.3. The lowest BCUT2D eigenvalue weighted by Gasteiger charge is -2.26. The summed E-state index contributed by atoms with van der Waals surface area (Å²) in [6.45, 7) is 4.20. The third-order valence-corrected chi connectivity index (χ3v) is 13.0. The maximum atomic E-state index is 12.5. The normalized spacial score (nSPS) is 13.5. The number of carbonyl (C=O) groups excluding carboxylic acids is 1. The van der Waals surface area contributed by atoms with Gasteiger partial charge in [0.1, 0.15) is 6.10 Å². The topological polar surface area (TPSA) is 89.8 Å². The molecule has 0 aromatic carbocycles. The van der Waals surface area contributed by atoms with E-state index < -0.39 is 18.2 Å². The number of hydrogen-bond donors (Lipinski definition) is 4. The second-order valence-electron chi connectivity index (χ2n) is 19.1. The van der Waals surface area contributed by atoms with Crippen molar-refractivity contribution in [3.63, 3.8) is 0 Å². The zero-order valence-electron chi connectivity index (χ0n) is 41.3. The van der Waals surface area contributed by atoms with Crippen molar-refractivity contribution in [1.82, 2.24) is 5.32 Å². The Labute approximate surface area is 382 Å². The quantitative estimate of drug-likeness (QED) is 0.0362. The minimum Gasteiger partial charge on any atom is -0.394 e. The first kappa shape index (κ1) is 59.8. The predicted molar refractivity (Wildman–Crippen MR) is 268 cm³/mol. The second kappa shape index (κ2) is 51.5. The van der Waals surface area contributed by atoms with Crippen LogP contribution in [-0.2, 0) is 4.79 Å². The first-order chi connectivity index (χ1) is 30.1. The molecule has 0 heterocycles. The summed E-state index contributed by atoms with van der Waals surface area (Å²) in [6, 6.07) is -0.826. The van der Waals surface area contributed by atoms with Gasteiger partial charge in [-0.2, -0.15) is 0 Å². The van der Waals surface area contributed by atoms with Crippen molar-refractivity contribution in [3.8, 4) is 0 Å². The fraction of sp³-hybridized carbons (Fsp3) is 0.911. The summed E-state index contributed by atoms with van der Waals surface area (Å²) in [5.74, 6) is -0.151. The third kappa shape index (κ3) is 46.6. The lowest BCUT2D eigenvalue weighted by atomic mass is 10.0. The fourth-order valence-corrected chi connectivity index (χ4v) is 8.75. The molecular formula is C56H109NO4. The summed E-state index contributed by atoms with van der Waals surface area (Å²) >= 11 is 0. The summed E-state index contributed by atoms with van der Waals surface area (Å²) in [5.41, 5.74) is 0. The molecule has 3 unspecified atom stereocenters. The molecule has 0 aliphatic rings. The Kier molecular flexibility index (Phi) is 50.5. The zero-order chi connectivity index (χ0) is 44.4. The molecule has 0 bridgehead atoms. The number of carbonyl (C=O) groups is 1. The van der Waals surface area contributed by atoms with Gasteiger partial charge in [-0.25, -0.2) is 0 Å². The molecule has 0 aliphatic heterocycles. The standard InChI is InChI=1S/C56H109NO4/c1-3-5-7-9-11-13-15-17-19-21-23-25-26-27-28-29-31-33-35-37-39-41-43-45-47-49-51-55(60)57-53(52-58)56(61)54(59)50-48-46-44-42-40-38-36-34-32-30-24-22-20-18-16-14-12-10-8-6-4-2/h27-28,42,44,53-54,56,58-59,61H,3-26,29-41,43,45-52H2,1-2H3,(H,57,60)/b28-27-,44-42+. The molecule has 61 heavy (non-hydrogen) atoms. The number of unbranched alkanes of at least 4 members (excludes halogenated alkanes) is 39. The van der Waals surface area contributed by atoms with Gasteiger partial charge < -0.3 is 20.6 Å². The number of nitrogens with one attached hydrogen (secondary N) is 1. The van der Waals surface area contributed by atoms with Gasteiger partial charge in [0.05, 0.1) is 18.8 Å². The van der Waals surface area contributed by atoms with Gasteiger partial charge in [0, 0.05) is 6.42 Å². The maximum Gasteiger partial charge on any atom is 0.220 e. The van der Waals surface area contributed by atoms with Gasteiger partial charge in [0.15, 0.2) is 0 Å². The van der Waals surface area contributed by atoms with Crippen molar-refractivity contribution in [2.75, 3.05) is 6.61 Å². The number of allylic oxidation sites excluding steroid dienone is 4. The molecule has 0 spiro atoms. The highest BCUT2D eigenvalue weighted by molar-refractivity contribution is 5.76. The largest absolute Gasteiger partial charge is 0.394 e. The number of aliphatic hydroxyl groups excluding tert-OH is 3. The van der Waals surface area contributed by atoms with Crippen molar-refractivity contribution >= 4 is 5.91 Å². The monoisotopic (exact) mass is 860 g/mol. The Hall–Kier alpha value is -1.17. The van der Waals surface area contributed by atoms with Crippen molar-refractivity contribution < 1.29 is 20.1 Å². The van der Waals surface area contributed by atoms with Crippen LogP contribution in [0.4, 0.5) is 0 Å². The van der Waals surface area contributed by atoms with E-state index in [4.69, 9.17) is 0 Å². The summed E-state index contributed by atoms with van der Waals surface area (Å²) in [4.78, 5) is 12.5. The van der Waals surface area contributed by atoms with Crippen LogP contribution in [0, 0.1) is 0 Å². The lowest BCUT2D eigenvalue weighted by Crippen LogP contribution is -2.50. The molecule has 4 N–H and O–H groups in total. The smallest absolute Gasteiger partial charge is 0.220 e. The van der Waals surface area contributed by atoms with Crippen LogP contribution in [0.2, 0.25) is 0 Å². The van der Waals surface area contributed by atoms with Crippen LogP contribution in [0.3, 0.4) is 0 Å². The van der Waals surface area contributed by atoms with Gasteiger partial charge >= 0.3 is 0 Å². The Balaban J connectivity index is 3.57. The molecule has 0 fully saturated rings. The van der Waals surface area contributed by atoms with Crippen LogP contribution >= 0.6 is 0 Å². The number of aliphatic hydroxyl groups is 3. The van der Waals surface area contributed by atoms with Crippen LogP contribution in [0.1, 0.15) is 303 Å². The van der Waals surface area contributed by atoms with Gasteiger partial charge in [-0.15, -0.1) is 0 Å². The van der Waals surface area contributed by atoms with E-state index in [9.17, 15) is 20.1 Å². The minimum atomic E-state index is -1.16. The predicted octanol–water partition coefficient (Wildman–Crippen LogP) is 16.9. The van der Waals surface area contributed by atoms with E-state index >= 15 is 0 Å². The highest BCUT2D eigenvalue weighted by Crippen LogP contribution is 2.17. The summed E-state index contributed by atoms with van der Waals surface area (Å²) in [6.07, 6.45) is 64.7. The molecule has 0 saturated carbocycles. The first-order valence-electron chi connectivity index (χ1n) is 27.6. The van der Waals surface area contributed by atoms with Crippen molar-refractivity contribution in [2.45, 2.75) is 321 Å². The van der Waals surface area contributed by atoms with Crippen molar-refractivity contribution in [3.05, 3.63) is 24.3 Å². The molecule has 0 saturated heterocycles. The van der Waals surface area contributed by atoms with Gasteiger partial charge in [-0.05, 0) is 64.2 Å². The maximum absolute atomic E-state index is 12.5. The molecule has 5 nitrogen and oxygen atoms in total. The average molecular weight is 860 g/mol. The molecule has 0 rings (SSSR count). The van der Waals surface area contributed by atoms with Gasteiger partial charge in [-0.3, -0.25) is 4.79 Å². The Bertz CT molecular complexity index is 905. The van der Waals surface area contributed by atoms with Crippen LogP contribution in [-0.4, -0.2) is 46.1 Å². The number of amides is 1. The molecule has 5 heteroatoms. The highest BCUT2D eigenvalue weighted by Gasteiger charge is 2.26. The molecule has 1 amide bonds. The fourth-order valence-electron chi connectivity index (χ4n) is 8.75.